The lowest BCUT2D eigenvalue weighted by Gasteiger charge is -2.31. The van der Waals surface area contributed by atoms with Crippen LogP contribution in [0.15, 0.2) is 45.5 Å². The van der Waals surface area contributed by atoms with Gasteiger partial charge in [-0.3, -0.25) is 0 Å². The number of likely N-dealkylation sites (N-methyl/N-ethyl adjacent to an activating group) is 1. The van der Waals surface area contributed by atoms with Crippen molar-refractivity contribution < 1.29 is 9.15 Å². The molecule has 0 aliphatic carbocycles. The van der Waals surface area contributed by atoms with Crippen molar-refractivity contribution in [2.75, 3.05) is 13.2 Å². The van der Waals surface area contributed by atoms with Crippen LogP contribution in [-0.4, -0.2) is 13.2 Å². The molecule has 2 heterocycles. The molecule has 106 valence electrons. The molecule has 2 aromatic rings. The first-order valence-corrected chi connectivity index (χ1v) is 7.79. The fraction of sp³-hybridized carbons (Fsp3) is 0.375. The number of halogens is 1. The average molecular weight is 336 g/mol. The molecule has 2 unspecified atom stereocenters. The highest BCUT2D eigenvalue weighted by Crippen LogP contribution is 2.41. The van der Waals surface area contributed by atoms with Gasteiger partial charge in [-0.25, -0.2) is 0 Å². The fourth-order valence-corrected chi connectivity index (χ4v) is 3.19. The molecule has 0 bridgehead atoms. The van der Waals surface area contributed by atoms with Gasteiger partial charge < -0.3 is 14.5 Å². The van der Waals surface area contributed by atoms with Crippen LogP contribution in [0.4, 0.5) is 0 Å². The van der Waals surface area contributed by atoms with E-state index in [0.717, 1.165) is 35.8 Å². The smallest absolute Gasteiger partial charge is 0.169 e. The highest BCUT2D eigenvalue weighted by Gasteiger charge is 2.31. The Morgan fingerprint density at radius 2 is 2.15 bits per heavy atom. The summed E-state index contributed by atoms with van der Waals surface area (Å²) in [5, 5.41) is 3.55. The van der Waals surface area contributed by atoms with Crippen molar-refractivity contribution in [3.8, 4) is 5.75 Å². The molecule has 0 fully saturated rings. The second-order valence-corrected chi connectivity index (χ2v) is 5.74. The van der Waals surface area contributed by atoms with E-state index in [1.807, 2.05) is 24.3 Å². The molecule has 1 aromatic carbocycles. The van der Waals surface area contributed by atoms with Gasteiger partial charge in [0.15, 0.2) is 4.67 Å². The quantitative estimate of drug-likeness (QED) is 0.906. The van der Waals surface area contributed by atoms with E-state index in [1.54, 1.807) is 0 Å². The summed E-state index contributed by atoms with van der Waals surface area (Å²) in [6, 6.07) is 12.5. The van der Waals surface area contributed by atoms with E-state index in [9.17, 15) is 0 Å². The van der Waals surface area contributed by atoms with Crippen LogP contribution < -0.4 is 10.1 Å². The van der Waals surface area contributed by atoms with Crippen LogP contribution in [0.25, 0.3) is 0 Å². The molecule has 1 aliphatic rings. The second kappa shape index (κ2) is 6.02. The Morgan fingerprint density at radius 1 is 1.30 bits per heavy atom. The number of furan rings is 1. The minimum absolute atomic E-state index is 0.177. The number of hydrogen-bond donors (Lipinski definition) is 1. The molecule has 0 saturated carbocycles. The Bertz CT molecular complexity index is 581. The van der Waals surface area contributed by atoms with Crippen LogP contribution in [0.1, 0.15) is 36.6 Å². The van der Waals surface area contributed by atoms with Gasteiger partial charge in [0.25, 0.3) is 0 Å². The molecule has 0 radical (unpaired) electrons. The maximum Gasteiger partial charge on any atom is 0.169 e. The number of ether oxygens (including phenoxy) is 1. The van der Waals surface area contributed by atoms with Gasteiger partial charge in [0.05, 0.1) is 12.6 Å². The lowest BCUT2D eigenvalue weighted by atomic mass is 9.85. The molecule has 3 rings (SSSR count). The van der Waals surface area contributed by atoms with Crippen molar-refractivity contribution >= 4 is 15.9 Å². The normalized spacial score (nSPS) is 19.2. The standard InChI is InChI=1S/C16H18BrNO2/c1-2-18-16(14-7-8-15(17)20-14)12-9-10-19-13-6-4-3-5-11(12)13/h3-8,12,16,18H,2,9-10H2,1H3. The number of hydrogen-bond acceptors (Lipinski definition) is 3. The van der Waals surface area contributed by atoms with Crippen LogP contribution in [0.5, 0.6) is 5.75 Å². The first-order valence-electron chi connectivity index (χ1n) is 7.00. The van der Waals surface area contributed by atoms with Gasteiger partial charge in [0, 0.05) is 5.92 Å². The van der Waals surface area contributed by atoms with Crippen LogP contribution in [0.3, 0.4) is 0 Å². The minimum Gasteiger partial charge on any atom is -0.493 e. The second-order valence-electron chi connectivity index (χ2n) is 4.96. The summed E-state index contributed by atoms with van der Waals surface area (Å²) in [7, 11) is 0. The summed E-state index contributed by atoms with van der Waals surface area (Å²) in [4.78, 5) is 0. The van der Waals surface area contributed by atoms with Crippen LogP contribution in [0, 0.1) is 0 Å². The molecule has 20 heavy (non-hydrogen) atoms. The zero-order valence-electron chi connectivity index (χ0n) is 11.4. The molecule has 1 N–H and O–H groups in total. The van der Waals surface area contributed by atoms with Crippen molar-refractivity contribution in [2.45, 2.75) is 25.3 Å². The third-order valence-corrected chi connectivity index (χ3v) is 4.16. The minimum atomic E-state index is 0.177. The molecule has 1 aliphatic heterocycles. The summed E-state index contributed by atoms with van der Waals surface area (Å²) in [6.45, 7) is 3.78. The Labute approximate surface area is 127 Å². The van der Waals surface area contributed by atoms with Crippen LogP contribution in [0.2, 0.25) is 0 Å². The molecule has 4 heteroatoms. The third-order valence-electron chi connectivity index (χ3n) is 3.73. The maximum absolute atomic E-state index is 5.78. The predicted molar refractivity (Wildman–Crippen MR) is 82.1 cm³/mol. The monoisotopic (exact) mass is 335 g/mol. The highest BCUT2D eigenvalue weighted by molar-refractivity contribution is 9.10. The number of nitrogens with one attached hydrogen (secondary N) is 1. The third kappa shape index (κ3) is 2.63. The SMILES string of the molecule is CCNC(c1ccc(Br)o1)C1CCOc2ccccc21. The lowest BCUT2D eigenvalue weighted by Crippen LogP contribution is -2.30. The van der Waals surface area contributed by atoms with Gasteiger partial charge in [-0.1, -0.05) is 25.1 Å². The zero-order valence-corrected chi connectivity index (χ0v) is 13.0. The van der Waals surface area contributed by atoms with Crippen molar-refractivity contribution in [3.63, 3.8) is 0 Å². The van der Waals surface area contributed by atoms with Crippen molar-refractivity contribution in [1.29, 1.82) is 0 Å². The van der Waals surface area contributed by atoms with E-state index in [2.05, 4.69) is 40.3 Å². The summed E-state index contributed by atoms with van der Waals surface area (Å²) >= 11 is 3.39. The van der Waals surface area contributed by atoms with Gasteiger partial charge in [-0.2, -0.15) is 0 Å². The van der Waals surface area contributed by atoms with Crippen molar-refractivity contribution in [1.82, 2.24) is 5.32 Å². The van der Waals surface area contributed by atoms with Crippen molar-refractivity contribution in [2.24, 2.45) is 0 Å². The summed E-state index contributed by atoms with van der Waals surface area (Å²) in [6.07, 6.45) is 0.993. The Balaban J connectivity index is 1.96. The van der Waals surface area contributed by atoms with E-state index in [-0.39, 0.29) is 6.04 Å². The summed E-state index contributed by atoms with van der Waals surface area (Å²) in [5.41, 5.74) is 1.26. The van der Waals surface area contributed by atoms with E-state index in [4.69, 9.17) is 9.15 Å². The zero-order chi connectivity index (χ0) is 13.9. The molecule has 2 atom stereocenters. The Hall–Kier alpha value is -1.26. The molecular weight excluding hydrogens is 318 g/mol. The number of rotatable bonds is 4. The van der Waals surface area contributed by atoms with Gasteiger partial charge in [0.2, 0.25) is 0 Å². The molecule has 0 saturated heterocycles. The molecule has 1 aromatic heterocycles. The Morgan fingerprint density at radius 3 is 2.90 bits per heavy atom. The van der Waals surface area contributed by atoms with E-state index < -0.39 is 0 Å². The molecule has 0 amide bonds. The number of para-hydroxylation sites is 1. The highest BCUT2D eigenvalue weighted by atomic mass is 79.9. The lowest BCUT2D eigenvalue weighted by molar-refractivity contribution is 0.236. The molecular formula is C16H18BrNO2. The predicted octanol–water partition coefficient (Wildman–Crippen LogP) is 4.26. The van der Waals surface area contributed by atoms with Gasteiger partial charge in [-0.05, 0) is 52.7 Å². The van der Waals surface area contributed by atoms with E-state index >= 15 is 0 Å². The number of fused-ring (bicyclic) bond motifs is 1. The molecule has 3 nitrogen and oxygen atoms in total. The van der Waals surface area contributed by atoms with Crippen LogP contribution in [-0.2, 0) is 0 Å². The van der Waals surface area contributed by atoms with Gasteiger partial charge >= 0.3 is 0 Å². The van der Waals surface area contributed by atoms with Gasteiger partial charge in [-0.15, -0.1) is 0 Å². The first-order chi connectivity index (χ1) is 9.79. The summed E-state index contributed by atoms with van der Waals surface area (Å²) < 4.78 is 12.3. The van der Waals surface area contributed by atoms with Crippen molar-refractivity contribution in [3.05, 3.63) is 52.4 Å². The number of benzene rings is 1. The van der Waals surface area contributed by atoms with Crippen LogP contribution >= 0.6 is 15.9 Å². The Kier molecular flexibility index (Phi) is 4.13. The van der Waals surface area contributed by atoms with E-state index in [1.165, 1.54) is 5.56 Å². The summed E-state index contributed by atoms with van der Waals surface area (Å²) in [5.74, 6) is 2.34. The maximum atomic E-state index is 5.78. The fourth-order valence-electron chi connectivity index (χ4n) is 2.87. The van der Waals surface area contributed by atoms with E-state index in [0.29, 0.717) is 5.92 Å². The molecule has 0 spiro atoms. The van der Waals surface area contributed by atoms with Gasteiger partial charge in [0.1, 0.15) is 11.5 Å². The first kappa shape index (κ1) is 13.7. The largest absolute Gasteiger partial charge is 0.493 e. The topological polar surface area (TPSA) is 34.4 Å². The average Bonchev–Trinajstić information content (AvgIpc) is 2.91.